The van der Waals surface area contributed by atoms with Gasteiger partial charge in [-0.2, -0.15) is 0 Å². The molecule has 0 aliphatic rings. The van der Waals surface area contributed by atoms with Gasteiger partial charge in [0.15, 0.2) is 5.92 Å². The molecule has 0 radical (unpaired) electrons. The summed E-state index contributed by atoms with van der Waals surface area (Å²) in [7, 11) is 2.52. The van der Waals surface area contributed by atoms with Crippen LogP contribution in [0.25, 0.3) is 0 Å². The molecule has 0 saturated heterocycles. The van der Waals surface area contributed by atoms with Crippen LogP contribution in [0.4, 0.5) is 0 Å². The minimum atomic E-state index is -0.801. The Kier molecular flexibility index (Phi) is 6.53. The number of esters is 2. The van der Waals surface area contributed by atoms with Gasteiger partial charge in [0, 0.05) is 4.83 Å². The van der Waals surface area contributed by atoms with E-state index in [1.165, 1.54) is 14.2 Å². The number of rotatable bonds is 5. The Bertz CT molecular complexity index is 187. The Morgan fingerprint density at radius 3 is 1.86 bits per heavy atom. The molecule has 0 rings (SSSR count). The van der Waals surface area contributed by atoms with Gasteiger partial charge in [-0.1, -0.05) is 22.9 Å². The van der Waals surface area contributed by atoms with Crippen LogP contribution in [0, 0.1) is 5.92 Å². The molecule has 82 valence electrons. The van der Waals surface area contributed by atoms with Crippen LogP contribution in [0.15, 0.2) is 0 Å². The molecule has 0 bridgehead atoms. The lowest BCUT2D eigenvalue weighted by molar-refractivity contribution is -0.159. The number of hydrogen-bond donors (Lipinski definition) is 0. The third kappa shape index (κ3) is 4.60. The van der Waals surface area contributed by atoms with Crippen molar-refractivity contribution >= 4 is 27.9 Å². The van der Waals surface area contributed by atoms with Crippen LogP contribution in [0.3, 0.4) is 0 Å². The van der Waals surface area contributed by atoms with Crippen LogP contribution in [0.2, 0.25) is 0 Å². The first-order chi connectivity index (χ1) is 6.52. The van der Waals surface area contributed by atoms with E-state index in [0.717, 1.165) is 6.42 Å². The standard InChI is InChI=1S/C9H15BrO4/c1-6(10)4-5-7(8(11)13-2)9(12)14-3/h6-7H,4-5H2,1-3H3. The minimum Gasteiger partial charge on any atom is -0.468 e. The summed E-state index contributed by atoms with van der Waals surface area (Å²) in [6.07, 6.45) is 1.15. The van der Waals surface area contributed by atoms with E-state index in [9.17, 15) is 9.59 Å². The van der Waals surface area contributed by atoms with Gasteiger partial charge in [0.05, 0.1) is 14.2 Å². The summed E-state index contributed by atoms with van der Waals surface area (Å²) in [4.78, 5) is 22.6. The molecule has 0 aliphatic heterocycles. The van der Waals surface area contributed by atoms with Crippen molar-refractivity contribution in [3.8, 4) is 0 Å². The third-order valence-corrected chi connectivity index (χ3v) is 2.28. The van der Waals surface area contributed by atoms with Gasteiger partial charge in [0.1, 0.15) is 0 Å². The fraction of sp³-hybridized carbons (Fsp3) is 0.778. The molecule has 4 nitrogen and oxygen atoms in total. The summed E-state index contributed by atoms with van der Waals surface area (Å²) in [6, 6.07) is 0. The first kappa shape index (κ1) is 13.4. The highest BCUT2D eigenvalue weighted by molar-refractivity contribution is 9.09. The molecule has 1 unspecified atom stereocenters. The maximum Gasteiger partial charge on any atom is 0.320 e. The third-order valence-electron chi connectivity index (χ3n) is 1.82. The van der Waals surface area contributed by atoms with Crippen LogP contribution in [-0.4, -0.2) is 31.0 Å². The monoisotopic (exact) mass is 266 g/mol. The molecule has 0 aromatic heterocycles. The van der Waals surface area contributed by atoms with Crippen molar-refractivity contribution in [2.24, 2.45) is 5.92 Å². The van der Waals surface area contributed by atoms with Crippen molar-refractivity contribution in [1.29, 1.82) is 0 Å². The second-order valence-electron chi connectivity index (χ2n) is 2.96. The molecule has 0 heterocycles. The van der Waals surface area contributed by atoms with Gasteiger partial charge in [-0.15, -0.1) is 0 Å². The van der Waals surface area contributed by atoms with Gasteiger partial charge in [0.25, 0.3) is 0 Å². The minimum absolute atomic E-state index is 0.263. The van der Waals surface area contributed by atoms with E-state index in [-0.39, 0.29) is 4.83 Å². The summed E-state index contributed by atoms with van der Waals surface area (Å²) in [5, 5.41) is 0. The van der Waals surface area contributed by atoms with Gasteiger partial charge in [0.2, 0.25) is 0 Å². The quantitative estimate of drug-likeness (QED) is 0.430. The fourth-order valence-electron chi connectivity index (χ4n) is 1.01. The van der Waals surface area contributed by atoms with E-state index >= 15 is 0 Å². The van der Waals surface area contributed by atoms with Crippen LogP contribution in [0.5, 0.6) is 0 Å². The van der Waals surface area contributed by atoms with Crippen molar-refractivity contribution in [2.45, 2.75) is 24.6 Å². The summed E-state index contributed by atoms with van der Waals surface area (Å²) in [5.74, 6) is -1.87. The molecule has 1 atom stereocenters. The Hall–Kier alpha value is -0.580. The van der Waals surface area contributed by atoms with Gasteiger partial charge >= 0.3 is 11.9 Å². The molecule has 14 heavy (non-hydrogen) atoms. The number of alkyl halides is 1. The van der Waals surface area contributed by atoms with Crippen molar-refractivity contribution in [1.82, 2.24) is 0 Å². The van der Waals surface area contributed by atoms with E-state index in [0.29, 0.717) is 6.42 Å². The number of carbonyl (C=O) groups excluding carboxylic acids is 2. The molecule has 0 aliphatic carbocycles. The van der Waals surface area contributed by atoms with Crippen molar-refractivity contribution < 1.29 is 19.1 Å². The maximum absolute atomic E-state index is 11.2. The van der Waals surface area contributed by atoms with Crippen molar-refractivity contribution in [3.63, 3.8) is 0 Å². The number of ether oxygens (including phenoxy) is 2. The highest BCUT2D eigenvalue weighted by Crippen LogP contribution is 2.15. The predicted octanol–water partition coefficient (Wildman–Crippen LogP) is 1.51. The van der Waals surface area contributed by atoms with Crippen LogP contribution < -0.4 is 0 Å². The molecular formula is C9H15BrO4. The van der Waals surface area contributed by atoms with Crippen LogP contribution >= 0.6 is 15.9 Å². The Morgan fingerprint density at radius 1 is 1.14 bits per heavy atom. The lowest BCUT2D eigenvalue weighted by atomic mass is 10.0. The molecule has 0 spiro atoms. The molecule has 0 aromatic rings. The SMILES string of the molecule is COC(=O)C(CCC(C)Br)C(=O)OC. The first-order valence-electron chi connectivity index (χ1n) is 4.32. The maximum atomic E-state index is 11.2. The average Bonchev–Trinajstić information content (AvgIpc) is 2.16. The zero-order chi connectivity index (χ0) is 11.1. The number of methoxy groups -OCH3 is 2. The van der Waals surface area contributed by atoms with Crippen LogP contribution in [0.1, 0.15) is 19.8 Å². The van der Waals surface area contributed by atoms with Crippen molar-refractivity contribution in [2.75, 3.05) is 14.2 Å². The average molecular weight is 267 g/mol. The molecule has 5 heteroatoms. The highest BCUT2D eigenvalue weighted by Gasteiger charge is 2.28. The first-order valence-corrected chi connectivity index (χ1v) is 5.24. The Balaban J connectivity index is 4.25. The van der Waals surface area contributed by atoms with Crippen LogP contribution in [-0.2, 0) is 19.1 Å². The highest BCUT2D eigenvalue weighted by atomic mass is 79.9. The van der Waals surface area contributed by atoms with E-state index < -0.39 is 17.9 Å². The summed E-state index contributed by atoms with van der Waals surface area (Å²) < 4.78 is 9.03. The van der Waals surface area contributed by atoms with E-state index in [2.05, 4.69) is 25.4 Å². The van der Waals surface area contributed by atoms with E-state index in [4.69, 9.17) is 0 Å². The molecular weight excluding hydrogens is 252 g/mol. The molecule has 0 aromatic carbocycles. The van der Waals surface area contributed by atoms with Gasteiger partial charge < -0.3 is 9.47 Å². The number of carbonyl (C=O) groups is 2. The van der Waals surface area contributed by atoms with E-state index in [1.807, 2.05) is 6.92 Å². The lowest BCUT2D eigenvalue weighted by Crippen LogP contribution is -2.27. The molecule has 0 amide bonds. The largest absolute Gasteiger partial charge is 0.468 e. The molecule has 0 N–H and O–H groups in total. The molecule has 0 fully saturated rings. The van der Waals surface area contributed by atoms with E-state index in [1.54, 1.807) is 0 Å². The normalized spacial score (nSPS) is 12.4. The second kappa shape index (κ2) is 6.81. The van der Waals surface area contributed by atoms with Gasteiger partial charge in [-0.25, -0.2) is 0 Å². The summed E-state index contributed by atoms with van der Waals surface area (Å²) >= 11 is 3.34. The smallest absolute Gasteiger partial charge is 0.320 e. The van der Waals surface area contributed by atoms with Gasteiger partial charge in [-0.3, -0.25) is 9.59 Å². The predicted molar refractivity (Wildman–Crippen MR) is 55.1 cm³/mol. The lowest BCUT2D eigenvalue weighted by Gasteiger charge is -2.12. The topological polar surface area (TPSA) is 52.6 Å². The zero-order valence-electron chi connectivity index (χ0n) is 8.58. The summed E-state index contributed by atoms with van der Waals surface area (Å²) in [6.45, 7) is 1.95. The molecule has 0 saturated carbocycles. The fourth-order valence-corrected chi connectivity index (χ4v) is 1.28. The van der Waals surface area contributed by atoms with Gasteiger partial charge in [-0.05, 0) is 12.8 Å². The second-order valence-corrected chi connectivity index (χ2v) is 4.52. The summed E-state index contributed by atoms with van der Waals surface area (Å²) in [5.41, 5.74) is 0. The Morgan fingerprint density at radius 2 is 1.57 bits per heavy atom. The zero-order valence-corrected chi connectivity index (χ0v) is 10.2. The number of hydrogen-bond acceptors (Lipinski definition) is 4. The number of halogens is 1. The van der Waals surface area contributed by atoms with Crippen molar-refractivity contribution in [3.05, 3.63) is 0 Å². The Labute approximate surface area is 92.1 Å².